The van der Waals surface area contributed by atoms with Crippen LogP contribution in [0.15, 0.2) is 30.3 Å². The molecule has 2 saturated heterocycles. The van der Waals surface area contributed by atoms with Gasteiger partial charge in [-0.1, -0.05) is 0 Å². The van der Waals surface area contributed by atoms with Gasteiger partial charge in [0, 0.05) is 44.5 Å². The summed E-state index contributed by atoms with van der Waals surface area (Å²) in [6.07, 6.45) is -4.73. The second-order valence-electron chi connectivity index (χ2n) is 9.27. The van der Waals surface area contributed by atoms with Gasteiger partial charge in [0.05, 0.1) is 31.0 Å². The number of nitrogens with zero attached hydrogens (tertiary/aromatic N) is 5. The van der Waals surface area contributed by atoms with Gasteiger partial charge in [0.1, 0.15) is 5.75 Å². The molecule has 1 aromatic heterocycles. The van der Waals surface area contributed by atoms with E-state index in [1.165, 1.54) is 24.3 Å². The predicted molar refractivity (Wildman–Crippen MR) is 120 cm³/mol. The number of halogens is 3. The van der Waals surface area contributed by atoms with Crippen LogP contribution >= 0.6 is 0 Å². The number of morpholine rings is 1. The SMILES string of the molecule is Cc1cc(N2CCN(C(=O)CN3CCOCC3)C(C)(C)C2)nn1-c1ccc(OC(F)(F)F)cc1. The van der Waals surface area contributed by atoms with Crippen LogP contribution in [0, 0.1) is 6.92 Å². The van der Waals surface area contributed by atoms with E-state index < -0.39 is 6.36 Å². The number of alkyl halides is 3. The van der Waals surface area contributed by atoms with Gasteiger partial charge >= 0.3 is 6.36 Å². The van der Waals surface area contributed by atoms with Crippen LogP contribution in [0.5, 0.6) is 5.75 Å². The summed E-state index contributed by atoms with van der Waals surface area (Å²) in [6.45, 7) is 11.1. The number of carbonyl (C=O) groups is 1. The third-order valence-corrected chi connectivity index (χ3v) is 6.18. The minimum atomic E-state index is -4.73. The molecule has 0 spiro atoms. The van der Waals surface area contributed by atoms with Crippen LogP contribution in [-0.4, -0.2) is 89.9 Å². The maximum absolute atomic E-state index is 13.0. The number of hydrogen-bond acceptors (Lipinski definition) is 6. The van der Waals surface area contributed by atoms with Gasteiger partial charge in [-0.15, -0.1) is 13.2 Å². The van der Waals surface area contributed by atoms with E-state index in [1.807, 2.05) is 17.9 Å². The number of aromatic nitrogens is 2. The van der Waals surface area contributed by atoms with Crippen molar-refractivity contribution in [2.45, 2.75) is 32.7 Å². The molecule has 2 aliphatic heterocycles. The van der Waals surface area contributed by atoms with Crippen LogP contribution < -0.4 is 9.64 Å². The highest BCUT2D eigenvalue weighted by Gasteiger charge is 2.38. The summed E-state index contributed by atoms with van der Waals surface area (Å²) in [6, 6.07) is 7.56. The highest BCUT2D eigenvalue weighted by atomic mass is 19.4. The monoisotopic (exact) mass is 481 g/mol. The molecule has 0 unspecified atom stereocenters. The van der Waals surface area contributed by atoms with Crippen molar-refractivity contribution in [2.75, 3.05) is 57.4 Å². The lowest BCUT2D eigenvalue weighted by molar-refractivity contribution is -0.274. The molecule has 0 N–H and O–H groups in total. The molecule has 0 aliphatic carbocycles. The number of amides is 1. The zero-order valence-electron chi connectivity index (χ0n) is 19.6. The first-order chi connectivity index (χ1) is 16.0. The molecule has 8 nitrogen and oxygen atoms in total. The quantitative estimate of drug-likeness (QED) is 0.655. The van der Waals surface area contributed by atoms with Crippen LogP contribution in [0.4, 0.5) is 19.0 Å². The smallest absolute Gasteiger partial charge is 0.406 e. The summed E-state index contributed by atoms with van der Waals surface area (Å²) in [5.74, 6) is 0.608. The fourth-order valence-corrected chi connectivity index (χ4v) is 4.51. The lowest BCUT2D eigenvalue weighted by atomic mass is 9.98. The second kappa shape index (κ2) is 9.46. The average molecular weight is 482 g/mol. The Morgan fingerprint density at radius 1 is 1.12 bits per heavy atom. The summed E-state index contributed by atoms with van der Waals surface area (Å²) in [7, 11) is 0. The fourth-order valence-electron chi connectivity index (χ4n) is 4.51. The van der Waals surface area contributed by atoms with E-state index in [1.54, 1.807) is 4.68 Å². The van der Waals surface area contributed by atoms with Crippen molar-refractivity contribution >= 4 is 11.7 Å². The molecule has 0 bridgehead atoms. The van der Waals surface area contributed by atoms with Crippen LogP contribution in [0.1, 0.15) is 19.5 Å². The van der Waals surface area contributed by atoms with Crippen molar-refractivity contribution in [3.05, 3.63) is 36.0 Å². The van der Waals surface area contributed by atoms with Gasteiger partial charge in [-0.2, -0.15) is 5.10 Å². The molecule has 0 atom stereocenters. The van der Waals surface area contributed by atoms with Crippen LogP contribution in [0.2, 0.25) is 0 Å². The lowest BCUT2D eigenvalue weighted by Crippen LogP contribution is -2.63. The fraction of sp³-hybridized carbons (Fsp3) is 0.565. The van der Waals surface area contributed by atoms with Gasteiger partial charge in [-0.05, 0) is 45.0 Å². The van der Waals surface area contributed by atoms with Crippen LogP contribution in [-0.2, 0) is 9.53 Å². The summed E-state index contributed by atoms with van der Waals surface area (Å²) >= 11 is 0. The number of piperazine rings is 1. The average Bonchev–Trinajstić information content (AvgIpc) is 3.14. The van der Waals surface area contributed by atoms with Gasteiger partial charge in [0.2, 0.25) is 5.91 Å². The largest absolute Gasteiger partial charge is 0.573 e. The molecule has 186 valence electrons. The minimum Gasteiger partial charge on any atom is -0.406 e. The van der Waals surface area contributed by atoms with E-state index >= 15 is 0 Å². The molecule has 1 amide bonds. The molecule has 4 rings (SSSR count). The van der Waals surface area contributed by atoms with Crippen LogP contribution in [0.3, 0.4) is 0 Å². The molecule has 2 aliphatic rings. The third-order valence-electron chi connectivity index (χ3n) is 6.18. The zero-order valence-corrected chi connectivity index (χ0v) is 19.6. The summed E-state index contributed by atoms with van der Waals surface area (Å²) in [4.78, 5) is 19.2. The van der Waals surface area contributed by atoms with Crippen molar-refractivity contribution in [2.24, 2.45) is 0 Å². The summed E-state index contributed by atoms with van der Waals surface area (Å²) < 4.78 is 48.3. The van der Waals surface area contributed by atoms with E-state index in [0.29, 0.717) is 45.1 Å². The Labute approximate surface area is 196 Å². The minimum absolute atomic E-state index is 0.120. The number of benzene rings is 1. The second-order valence-corrected chi connectivity index (χ2v) is 9.27. The molecule has 34 heavy (non-hydrogen) atoms. The molecule has 3 heterocycles. The van der Waals surface area contributed by atoms with Gasteiger partial charge in [-0.3, -0.25) is 9.69 Å². The lowest BCUT2D eigenvalue weighted by Gasteiger charge is -2.47. The normalized spacial score (nSPS) is 19.4. The predicted octanol–water partition coefficient (Wildman–Crippen LogP) is 2.84. The standard InChI is InChI=1S/C23H30F3N5O3/c1-17-14-20(27-31(17)18-4-6-19(7-5-18)34-23(24,25)26)29-8-9-30(22(2,3)16-29)21(32)15-28-10-12-33-13-11-28/h4-7,14H,8-13,15-16H2,1-3H3. The van der Waals surface area contributed by atoms with E-state index in [-0.39, 0.29) is 17.2 Å². The number of ether oxygens (including phenoxy) is 2. The van der Waals surface area contributed by atoms with Gasteiger partial charge in [-0.25, -0.2) is 4.68 Å². The van der Waals surface area contributed by atoms with Crippen molar-refractivity contribution in [1.29, 1.82) is 0 Å². The molecule has 1 aromatic carbocycles. The summed E-state index contributed by atoms with van der Waals surface area (Å²) in [5.41, 5.74) is 1.11. The Morgan fingerprint density at radius 2 is 1.79 bits per heavy atom. The molecule has 0 radical (unpaired) electrons. The third kappa shape index (κ3) is 5.64. The first-order valence-electron chi connectivity index (χ1n) is 11.3. The highest BCUT2D eigenvalue weighted by molar-refractivity contribution is 5.79. The number of anilines is 1. The maximum Gasteiger partial charge on any atom is 0.573 e. The molecule has 11 heteroatoms. The molecular formula is C23H30F3N5O3. The first kappa shape index (κ1) is 24.3. The topological polar surface area (TPSA) is 63.1 Å². The number of carbonyl (C=O) groups excluding carboxylic acids is 1. The Hall–Kier alpha value is -2.79. The Balaban J connectivity index is 1.43. The Morgan fingerprint density at radius 3 is 2.41 bits per heavy atom. The van der Waals surface area contributed by atoms with Gasteiger partial charge in [0.25, 0.3) is 0 Å². The Bertz CT molecular complexity index is 1000. The first-order valence-corrected chi connectivity index (χ1v) is 11.3. The number of aryl methyl sites for hydroxylation is 1. The van der Waals surface area contributed by atoms with E-state index in [0.717, 1.165) is 24.6 Å². The van der Waals surface area contributed by atoms with Gasteiger partial charge < -0.3 is 19.3 Å². The van der Waals surface area contributed by atoms with Crippen molar-refractivity contribution in [3.8, 4) is 11.4 Å². The van der Waals surface area contributed by atoms with Crippen molar-refractivity contribution < 1.29 is 27.4 Å². The zero-order chi connectivity index (χ0) is 24.5. The molecule has 2 fully saturated rings. The van der Waals surface area contributed by atoms with Crippen molar-refractivity contribution in [1.82, 2.24) is 19.6 Å². The molecule has 0 saturated carbocycles. The number of hydrogen-bond donors (Lipinski definition) is 0. The number of rotatable bonds is 5. The molecular weight excluding hydrogens is 451 g/mol. The highest BCUT2D eigenvalue weighted by Crippen LogP contribution is 2.28. The molecule has 2 aromatic rings. The Kier molecular flexibility index (Phi) is 6.77. The van der Waals surface area contributed by atoms with Crippen molar-refractivity contribution in [3.63, 3.8) is 0 Å². The summed E-state index contributed by atoms with van der Waals surface area (Å²) in [5, 5.41) is 4.69. The van der Waals surface area contributed by atoms with E-state index in [4.69, 9.17) is 9.84 Å². The van der Waals surface area contributed by atoms with Gasteiger partial charge in [0.15, 0.2) is 5.82 Å². The van der Waals surface area contributed by atoms with E-state index in [2.05, 4.69) is 28.4 Å². The maximum atomic E-state index is 13.0. The van der Waals surface area contributed by atoms with E-state index in [9.17, 15) is 18.0 Å². The van der Waals surface area contributed by atoms with Crippen LogP contribution in [0.25, 0.3) is 5.69 Å².